The Morgan fingerprint density at radius 3 is 2.46 bits per heavy atom. The number of hydrogen-bond donors (Lipinski definition) is 2. The highest BCUT2D eigenvalue weighted by Crippen LogP contribution is 2.37. The molecule has 1 aromatic heterocycles. The lowest BCUT2D eigenvalue weighted by atomic mass is 9.91. The number of nitrogens with zero attached hydrogens (tertiary/aromatic N) is 2. The largest absolute Gasteiger partial charge is 0.494 e. The summed E-state index contributed by atoms with van der Waals surface area (Å²) >= 11 is 6.32. The van der Waals surface area contributed by atoms with Crippen molar-refractivity contribution in [2.24, 2.45) is 5.41 Å². The maximum atomic E-state index is 13.1. The Morgan fingerprint density at radius 2 is 1.83 bits per heavy atom. The number of ether oxygens (including phenoxy) is 1. The van der Waals surface area contributed by atoms with Crippen LogP contribution in [0.2, 0.25) is 5.02 Å². The van der Waals surface area contributed by atoms with Crippen LogP contribution in [0.1, 0.15) is 31.9 Å². The van der Waals surface area contributed by atoms with E-state index in [-0.39, 0.29) is 23.2 Å². The van der Waals surface area contributed by atoms with Crippen LogP contribution in [-0.4, -0.2) is 33.6 Å². The van der Waals surface area contributed by atoms with Crippen molar-refractivity contribution in [2.75, 3.05) is 6.61 Å². The predicted molar refractivity (Wildman–Crippen MR) is 126 cm³/mol. The Hall–Kier alpha value is -3.40. The van der Waals surface area contributed by atoms with Gasteiger partial charge in [0.15, 0.2) is 5.82 Å². The summed E-state index contributed by atoms with van der Waals surface area (Å²) in [5.41, 5.74) is -0.986. The number of aromatic amines is 1. The van der Waals surface area contributed by atoms with E-state index in [4.69, 9.17) is 16.3 Å². The third-order valence-corrected chi connectivity index (χ3v) is 5.75. The molecule has 0 spiro atoms. The van der Waals surface area contributed by atoms with E-state index in [0.717, 1.165) is 19.4 Å². The monoisotopic (exact) mass is 508 g/mol. The molecule has 1 amide bonds. The summed E-state index contributed by atoms with van der Waals surface area (Å²) in [6.07, 6.45) is -4.70. The van der Waals surface area contributed by atoms with E-state index < -0.39 is 23.2 Å². The number of nitrogens with one attached hydrogen (secondary N) is 2. The van der Waals surface area contributed by atoms with Gasteiger partial charge in [0, 0.05) is 17.7 Å². The maximum Gasteiger partial charge on any atom is 0.402 e. The Bertz CT molecular complexity index is 1310. The number of alkyl halides is 3. The fraction of sp³-hybridized carbons (Fsp3) is 0.333. The molecule has 0 aliphatic heterocycles. The van der Waals surface area contributed by atoms with Gasteiger partial charge >= 0.3 is 11.9 Å². The quantitative estimate of drug-likeness (QED) is 0.465. The second-order valence-electron chi connectivity index (χ2n) is 8.36. The molecular weight excluding hydrogens is 485 g/mol. The molecule has 1 heterocycles. The normalized spacial score (nSPS) is 11.9. The number of halogens is 4. The molecule has 0 aliphatic rings. The van der Waals surface area contributed by atoms with Gasteiger partial charge in [0.2, 0.25) is 5.91 Å². The standard InChI is InChI=1S/C24H24ClF3N4O3/c1-5-35-15-7-8-16(13(2)10-15)19-30-20(32-22(34)31-19)17-11-14(6-9-18(17)25)12-29-21(33)23(3,4)24(26,27)28/h6-11H,5,12H2,1-4H3,(H,29,33)(H,30,31,32,34). The molecule has 2 aromatic carbocycles. The van der Waals surface area contributed by atoms with Crippen LogP contribution < -0.4 is 15.7 Å². The summed E-state index contributed by atoms with van der Waals surface area (Å²) in [6.45, 7) is 5.66. The van der Waals surface area contributed by atoms with Gasteiger partial charge in [0.1, 0.15) is 17.0 Å². The first-order chi connectivity index (χ1) is 16.3. The number of rotatable bonds is 7. The minimum atomic E-state index is -4.70. The highest BCUT2D eigenvalue weighted by molar-refractivity contribution is 6.33. The molecule has 0 bridgehead atoms. The predicted octanol–water partition coefficient (Wildman–Crippen LogP) is 5.06. The average molecular weight is 509 g/mol. The van der Waals surface area contributed by atoms with Crippen molar-refractivity contribution >= 4 is 17.5 Å². The summed E-state index contributed by atoms with van der Waals surface area (Å²) in [4.78, 5) is 35.4. The number of carbonyl (C=O) groups excluding carboxylic acids is 1. The van der Waals surface area contributed by atoms with E-state index in [1.54, 1.807) is 18.2 Å². The van der Waals surface area contributed by atoms with Crippen LogP contribution in [0.4, 0.5) is 13.2 Å². The van der Waals surface area contributed by atoms with Gasteiger partial charge in [-0.05, 0) is 69.2 Å². The summed E-state index contributed by atoms with van der Waals surface area (Å²) in [5, 5.41) is 2.53. The lowest BCUT2D eigenvalue weighted by Crippen LogP contribution is -2.46. The lowest BCUT2D eigenvalue weighted by Gasteiger charge is -2.26. The van der Waals surface area contributed by atoms with Gasteiger partial charge in [-0.25, -0.2) is 9.78 Å². The van der Waals surface area contributed by atoms with Gasteiger partial charge < -0.3 is 10.1 Å². The van der Waals surface area contributed by atoms with Crippen molar-refractivity contribution < 1.29 is 22.7 Å². The summed E-state index contributed by atoms with van der Waals surface area (Å²) in [6, 6.07) is 9.91. The number of amides is 1. The Labute approximate surface area is 204 Å². The molecule has 2 N–H and O–H groups in total. The van der Waals surface area contributed by atoms with Crippen molar-refractivity contribution in [3.05, 3.63) is 63.0 Å². The van der Waals surface area contributed by atoms with Crippen molar-refractivity contribution in [1.29, 1.82) is 0 Å². The summed E-state index contributed by atoms with van der Waals surface area (Å²) in [5.74, 6) is -0.188. The second kappa shape index (κ2) is 10.1. The fourth-order valence-electron chi connectivity index (χ4n) is 3.18. The molecule has 3 aromatic rings. The van der Waals surface area contributed by atoms with Crippen LogP contribution in [-0.2, 0) is 11.3 Å². The van der Waals surface area contributed by atoms with Crippen molar-refractivity contribution in [3.63, 3.8) is 0 Å². The third kappa shape index (κ3) is 5.82. The maximum absolute atomic E-state index is 13.1. The first-order valence-corrected chi connectivity index (χ1v) is 11.1. The van der Waals surface area contributed by atoms with Crippen LogP contribution in [0.15, 0.2) is 41.2 Å². The molecular formula is C24H24ClF3N4O3. The Kier molecular flexibility index (Phi) is 7.54. The van der Waals surface area contributed by atoms with Gasteiger partial charge in [-0.15, -0.1) is 0 Å². The van der Waals surface area contributed by atoms with Crippen molar-refractivity contribution in [1.82, 2.24) is 20.3 Å². The SMILES string of the molecule is CCOc1ccc(-c2nc(-c3cc(CNC(=O)C(C)(C)C(F)(F)F)ccc3Cl)nc(=O)[nH]2)c(C)c1. The van der Waals surface area contributed by atoms with E-state index in [0.29, 0.717) is 29.0 Å². The molecule has 0 unspecified atom stereocenters. The van der Waals surface area contributed by atoms with Crippen molar-refractivity contribution in [2.45, 2.75) is 40.4 Å². The minimum Gasteiger partial charge on any atom is -0.494 e. The third-order valence-electron chi connectivity index (χ3n) is 5.42. The fourth-order valence-corrected chi connectivity index (χ4v) is 3.38. The molecule has 0 saturated heterocycles. The lowest BCUT2D eigenvalue weighted by molar-refractivity contribution is -0.211. The molecule has 0 fully saturated rings. The first-order valence-electron chi connectivity index (χ1n) is 10.7. The van der Waals surface area contributed by atoms with E-state index in [1.165, 1.54) is 12.1 Å². The van der Waals surface area contributed by atoms with Crippen LogP contribution >= 0.6 is 11.6 Å². The van der Waals surface area contributed by atoms with E-state index in [1.807, 2.05) is 19.9 Å². The van der Waals surface area contributed by atoms with Crippen LogP contribution in [0.3, 0.4) is 0 Å². The Balaban J connectivity index is 1.92. The molecule has 0 aliphatic carbocycles. The highest BCUT2D eigenvalue weighted by Gasteiger charge is 2.52. The van der Waals surface area contributed by atoms with Crippen LogP contribution in [0.5, 0.6) is 5.75 Å². The second-order valence-corrected chi connectivity index (χ2v) is 8.76. The molecule has 3 rings (SSSR count). The number of aromatic nitrogens is 3. The number of aryl methyl sites for hydroxylation is 1. The number of hydrogen-bond acceptors (Lipinski definition) is 5. The van der Waals surface area contributed by atoms with Gasteiger partial charge in [0.25, 0.3) is 0 Å². The molecule has 11 heteroatoms. The zero-order valence-electron chi connectivity index (χ0n) is 19.5. The number of benzene rings is 2. The molecule has 0 atom stereocenters. The van der Waals surface area contributed by atoms with Gasteiger partial charge in [0.05, 0.1) is 11.6 Å². The number of carbonyl (C=O) groups is 1. The average Bonchev–Trinajstić information content (AvgIpc) is 2.77. The molecule has 0 saturated carbocycles. The Morgan fingerprint density at radius 1 is 1.11 bits per heavy atom. The van der Waals surface area contributed by atoms with Crippen LogP contribution in [0.25, 0.3) is 22.8 Å². The molecule has 186 valence electrons. The van der Waals surface area contributed by atoms with E-state index in [2.05, 4.69) is 20.3 Å². The summed E-state index contributed by atoms with van der Waals surface area (Å²) in [7, 11) is 0. The van der Waals surface area contributed by atoms with E-state index >= 15 is 0 Å². The molecule has 0 radical (unpaired) electrons. The van der Waals surface area contributed by atoms with Crippen LogP contribution in [0, 0.1) is 12.3 Å². The van der Waals surface area contributed by atoms with Gasteiger partial charge in [-0.2, -0.15) is 18.2 Å². The smallest absolute Gasteiger partial charge is 0.402 e. The molecule has 35 heavy (non-hydrogen) atoms. The zero-order valence-corrected chi connectivity index (χ0v) is 20.3. The molecule has 7 nitrogen and oxygen atoms in total. The zero-order chi connectivity index (χ0) is 26.0. The van der Waals surface area contributed by atoms with Gasteiger partial charge in [-0.3, -0.25) is 9.78 Å². The minimum absolute atomic E-state index is 0.0332. The topological polar surface area (TPSA) is 97.0 Å². The first kappa shape index (κ1) is 26.2. The summed E-state index contributed by atoms with van der Waals surface area (Å²) < 4.78 is 44.8. The highest BCUT2D eigenvalue weighted by atomic mass is 35.5. The number of H-pyrrole nitrogens is 1. The van der Waals surface area contributed by atoms with Gasteiger partial charge in [-0.1, -0.05) is 17.7 Å². The van der Waals surface area contributed by atoms with E-state index in [9.17, 15) is 22.8 Å². The van der Waals surface area contributed by atoms with Crippen molar-refractivity contribution in [3.8, 4) is 28.5 Å².